The summed E-state index contributed by atoms with van der Waals surface area (Å²) in [6.45, 7) is 2.05. The fraction of sp³-hybridized carbons (Fsp3) is 0.667. The van der Waals surface area contributed by atoms with Gasteiger partial charge in [-0.3, -0.25) is 0 Å². The highest BCUT2D eigenvalue weighted by Gasteiger charge is 2.37. The first-order valence-electron chi connectivity index (χ1n) is 6.09. The van der Waals surface area contributed by atoms with E-state index in [1.807, 2.05) is 17.5 Å². The van der Waals surface area contributed by atoms with Crippen molar-refractivity contribution in [2.75, 3.05) is 25.6 Å². The molecule has 7 heteroatoms. The first-order chi connectivity index (χ1) is 8.99. The topological polar surface area (TPSA) is 52.6 Å². The molecule has 108 valence electrons. The van der Waals surface area contributed by atoms with Gasteiger partial charge in [-0.05, 0) is 24.3 Å². The minimum Gasteiger partial charge on any atom is -0.381 e. The Balaban J connectivity index is 1.93. The monoisotopic (exact) mass is 324 g/mol. The highest BCUT2D eigenvalue weighted by Crippen LogP contribution is 2.34. The number of rotatable bonds is 6. The third-order valence-corrected chi connectivity index (χ3v) is 5.40. The molecule has 1 saturated heterocycles. The van der Waals surface area contributed by atoms with E-state index in [2.05, 4.69) is 0 Å². The molecule has 0 unspecified atom stereocenters. The molecule has 0 atom stereocenters. The van der Waals surface area contributed by atoms with Crippen LogP contribution >= 0.6 is 22.0 Å². The standard InChI is InChI=1S/C12H17ClO4S2/c13-19(14,15)10-12(3-5-16-6-4-12)9-17-8-11-2-1-7-18-11/h1-2,7H,3-6,8-10H2. The Bertz CT molecular complexity index is 478. The van der Waals surface area contributed by atoms with Gasteiger partial charge in [-0.25, -0.2) is 8.42 Å². The molecule has 0 amide bonds. The number of ether oxygens (including phenoxy) is 2. The van der Waals surface area contributed by atoms with Crippen molar-refractivity contribution >= 4 is 31.1 Å². The minimum atomic E-state index is -3.53. The maximum absolute atomic E-state index is 11.4. The van der Waals surface area contributed by atoms with Gasteiger partial charge < -0.3 is 9.47 Å². The average molecular weight is 325 g/mol. The molecule has 4 nitrogen and oxygen atoms in total. The van der Waals surface area contributed by atoms with Crippen LogP contribution in [-0.4, -0.2) is 34.0 Å². The third-order valence-electron chi connectivity index (χ3n) is 3.26. The Labute approximate surface area is 122 Å². The van der Waals surface area contributed by atoms with E-state index < -0.39 is 14.5 Å². The van der Waals surface area contributed by atoms with Gasteiger partial charge in [-0.1, -0.05) is 6.07 Å². The molecule has 0 aromatic carbocycles. The molecule has 1 aliphatic heterocycles. The molecular formula is C12H17ClO4S2. The van der Waals surface area contributed by atoms with Gasteiger partial charge in [0, 0.05) is 34.2 Å². The smallest absolute Gasteiger partial charge is 0.233 e. The molecule has 1 aromatic rings. The van der Waals surface area contributed by atoms with E-state index in [-0.39, 0.29) is 5.75 Å². The van der Waals surface area contributed by atoms with Crippen molar-refractivity contribution in [2.24, 2.45) is 5.41 Å². The molecule has 0 saturated carbocycles. The van der Waals surface area contributed by atoms with Crippen LogP contribution in [0, 0.1) is 5.41 Å². The normalized spacial score (nSPS) is 19.4. The lowest BCUT2D eigenvalue weighted by molar-refractivity contribution is -0.0318. The van der Waals surface area contributed by atoms with E-state index in [0.29, 0.717) is 39.3 Å². The van der Waals surface area contributed by atoms with Gasteiger partial charge in [0.15, 0.2) is 0 Å². The first kappa shape index (κ1) is 15.3. The average Bonchev–Trinajstić information content (AvgIpc) is 2.81. The van der Waals surface area contributed by atoms with Crippen LogP contribution in [0.5, 0.6) is 0 Å². The van der Waals surface area contributed by atoms with E-state index in [9.17, 15) is 8.42 Å². The molecule has 0 aliphatic carbocycles. The zero-order valence-electron chi connectivity index (χ0n) is 10.5. The van der Waals surface area contributed by atoms with E-state index in [4.69, 9.17) is 20.2 Å². The number of hydrogen-bond acceptors (Lipinski definition) is 5. The third kappa shape index (κ3) is 5.04. The van der Waals surface area contributed by atoms with Crippen molar-refractivity contribution < 1.29 is 17.9 Å². The van der Waals surface area contributed by atoms with Gasteiger partial charge >= 0.3 is 0 Å². The lowest BCUT2D eigenvalue weighted by Crippen LogP contribution is -2.39. The lowest BCUT2D eigenvalue weighted by Gasteiger charge is -2.35. The molecule has 2 heterocycles. The molecule has 1 aliphatic rings. The summed E-state index contributed by atoms with van der Waals surface area (Å²) in [6.07, 6.45) is 1.34. The molecule has 0 N–H and O–H groups in total. The van der Waals surface area contributed by atoms with E-state index in [1.54, 1.807) is 11.3 Å². The number of hydrogen-bond donors (Lipinski definition) is 0. The van der Waals surface area contributed by atoms with E-state index in [0.717, 1.165) is 4.88 Å². The highest BCUT2D eigenvalue weighted by molar-refractivity contribution is 8.13. The maximum atomic E-state index is 11.4. The van der Waals surface area contributed by atoms with Crippen LogP contribution < -0.4 is 0 Å². The Hall–Kier alpha value is -0.140. The maximum Gasteiger partial charge on any atom is 0.233 e. The van der Waals surface area contributed by atoms with Gasteiger partial charge in [-0.15, -0.1) is 11.3 Å². The van der Waals surface area contributed by atoms with Crippen molar-refractivity contribution in [3.8, 4) is 0 Å². The Morgan fingerprint density at radius 3 is 2.74 bits per heavy atom. The second-order valence-corrected chi connectivity index (χ2v) is 8.68. The van der Waals surface area contributed by atoms with Crippen molar-refractivity contribution in [1.29, 1.82) is 0 Å². The van der Waals surface area contributed by atoms with Crippen molar-refractivity contribution in [3.63, 3.8) is 0 Å². The molecule has 0 bridgehead atoms. The highest BCUT2D eigenvalue weighted by atomic mass is 35.7. The van der Waals surface area contributed by atoms with Crippen LogP contribution in [0.3, 0.4) is 0 Å². The summed E-state index contributed by atoms with van der Waals surface area (Å²) < 4.78 is 33.7. The van der Waals surface area contributed by atoms with Crippen LogP contribution in [0.4, 0.5) is 0 Å². The number of thiophene rings is 1. The summed E-state index contributed by atoms with van der Waals surface area (Å²) in [5.74, 6) is -0.0463. The molecule has 0 radical (unpaired) electrons. The first-order valence-corrected chi connectivity index (χ1v) is 9.45. The second-order valence-electron chi connectivity index (χ2n) is 4.87. The molecule has 2 rings (SSSR count). The SMILES string of the molecule is O=S(=O)(Cl)CC1(COCc2cccs2)CCOCC1. The minimum absolute atomic E-state index is 0.0463. The predicted octanol–water partition coefficient (Wildman–Crippen LogP) is 2.63. The summed E-state index contributed by atoms with van der Waals surface area (Å²) in [6, 6.07) is 3.97. The summed E-state index contributed by atoms with van der Waals surface area (Å²) in [4.78, 5) is 1.14. The number of halogens is 1. The van der Waals surface area contributed by atoms with Crippen LogP contribution in [-0.2, 0) is 25.1 Å². The molecule has 1 aromatic heterocycles. The van der Waals surface area contributed by atoms with Gasteiger partial charge in [0.25, 0.3) is 0 Å². The van der Waals surface area contributed by atoms with Gasteiger partial charge in [0.05, 0.1) is 19.0 Å². The van der Waals surface area contributed by atoms with Gasteiger partial charge in [0.2, 0.25) is 9.05 Å². The Kier molecular flexibility index (Phi) is 5.25. The molecule has 0 spiro atoms. The molecular weight excluding hydrogens is 308 g/mol. The van der Waals surface area contributed by atoms with Crippen LogP contribution in [0.1, 0.15) is 17.7 Å². The Morgan fingerprint density at radius 1 is 1.42 bits per heavy atom. The lowest BCUT2D eigenvalue weighted by atomic mass is 9.83. The van der Waals surface area contributed by atoms with Crippen LogP contribution in [0.15, 0.2) is 17.5 Å². The van der Waals surface area contributed by atoms with Crippen molar-refractivity contribution in [3.05, 3.63) is 22.4 Å². The largest absolute Gasteiger partial charge is 0.381 e. The Morgan fingerprint density at radius 2 is 2.16 bits per heavy atom. The van der Waals surface area contributed by atoms with E-state index in [1.165, 1.54) is 0 Å². The summed E-state index contributed by atoms with van der Waals surface area (Å²) in [7, 11) is 1.89. The van der Waals surface area contributed by atoms with Gasteiger partial charge in [0.1, 0.15) is 0 Å². The van der Waals surface area contributed by atoms with Crippen molar-refractivity contribution in [2.45, 2.75) is 19.4 Å². The fourth-order valence-corrected chi connectivity index (χ4v) is 4.70. The second kappa shape index (κ2) is 6.54. The van der Waals surface area contributed by atoms with E-state index >= 15 is 0 Å². The van der Waals surface area contributed by atoms with Crippen molar-refractivity contribution in [1.82, 2.24) is 0 Å². The summed E-state index contributed by atoms with van der Waals surface area (Å²) in [5.41, 5.74) is -0.407. The van der Waals surface area contributed by atoms with Crippen LogP contribution in [0.25, 0.3) is 0 Å². The summed E-state index contributed by atoms with van der Waals surface area (Å²) >= 11 is 1.63. The van der Waals surface area contributed by atoms with Crippen LogP contribution in [0.2, 0.25) is 0 Å². The molecule has 1 fully saturated rings. The zero-order chi connectivity index (χ0) is 13.8. The van der Waals surface area contributed by atoms with Gasteiger partial charge in [-0.2, -0.15) is 0 Å². The zero-order valence-corrected chi connectivity index (χ0v) is 12.9. The summed E-state index contributed by atoms with van der Waals surface area (Å²) in [5, 5.41) is 1.99. The molecule has 19 heavy (non-hydrogen) atoms. The predicted molar refractivity (Wildman–Crippen MR) is 76.1 cm³/mol. The fourth-order valence-electron chi connectivity index (χ4n) is 2.26. The quantitative estimate of drug-likeness (QED) is 0.755.